The van der Waals surface area contributed by atoms with Crippen LogP contribution < -0.4 is 5.56 Å². The van der Waals surface area contributed by atoms with Gasteiger partial charge in [-0.3, -0.25) is 4.79 Å². The van der Waals surface area contributed by atoms with Crippen LogP contribution in [-0.2, 0) is 5.41 Å². The van der Waals surface area contributed by atoms with Crippen LogP contribution in [0.4, 0.5) is 8.78 Å². The summed E-state index contributed by atoms with van der Waals surface area (Å²) in [4.78, 5) is 19.7. The Morgan fingerprint density at radius 2 is 1.84 bits per heavy atom. The highest BCUT2D eigenvalue weighted by Crippen LogP contribution is 2.55. The van der Waals surface area contributed by atoms with E-state index in [2.05, 4.69) is 9.97 Å². The average molecular weight is 358 g/mol. The third-order valence-electron chi connectivity index (χ3n) is 4.73. The number of nitrogens with zero attached hydrogens (tertiary/aromatic N) is 1. The number of halogens is 2. The Kier molecular flexibility index (Phi) is 3.87. The molecule has 4 rings (SSSR count). The molecule has 128 valence electrons. The van der Waals surface area contributed by atoms with E-state index >= 15 is 0 Å². The van der Waals surface area contributed by atoms with Gasteiger partial charge in [-0.15, -0.1) is 0 Å². The largest absolute Gasteiger partial charge is 0.301 e. The first-order valence-electron chi connectivity index (χ1n) is 8.09. The lowest BCUT2D eigenvalue weighted by Gasteiger charge is -2.19. The molecule has 0 bridgehead atoms. The molecule has 1 N–H and O–H groups in total. The number of hydrogen-bond donors (Lipinski definition) is 1. The highest BCUT2D eigenvalue weighted by Gasteiger charge is 2.52. The third-order valence-corrected chi connectivity index (χ3v) is 5.74. The average Bonchev–Trinajstić information content (AvgIpc) is 3.19. The first-order valence-corrected chi connectivity index (χ1v) is 8.97. The Labute approximate surface area is 147 Å². The fourth-order valence-electron chi connectivity index (χ4n) is 3.34. The molecule has 0 atom stereocenters. The molecule has 0 saturated heterocycles. The van der Waals surface area contributed by atoms with Crippen molar-refractivity contribution in [2.24, 2.45) is 0 Å². The minimum absolute atomic E-state index is 0.0211. The van der Waals surface area contributed by atoms with Crippen LogP contribution in [0.3, 0.4) is 0 Å². The van der Waals surface area contributed by atoms with Gasteiger partial charge in [0.2, 0.25) is 0 Å². The van der Waals surface area contributed by atoms with Gasteiger partial charge in [0, 0.05) is 21.8 Å². The lowest BCUT2D eigenvalue weighted by atomic mass is 9.89. The van der Waals surface area contributed by atoms with Gasteiger partial charge in [0.25, 0.3) is 5.56 Å². The smallest absolute Gasteiger partial charge is 0.254 e. The number of allylic oxidation sites excluding steroid dienone is 2. The molecule has 1 fully saturated rings. The number of aromatic nitrogens is 2. The maximum atomic E-state index is 14.4. The summed E-state index contributed by atoms with van der Waals surface area (Å²) in [7, 11) is 0. The summed E-state index contributed by atoms with van der Waals surface area (Å²) in [5.74, 6) is -1.18. The van der Waals surface area contributed by atoms with Crippen molar-refractivity contribution >= 4 is 11.8 Å². The van der Waals surface area contributed by atoms with Crippen LogP contribution in [0.2, 0.25) is 0 Å². The fraction of sp³-hybridized carbons (Fsp3) is 0.263. The van der Waals surface area contributed by atoms with Gasteiger partial charge in [-0.1, -0.05) is 42.1 Å². The minimum Gasteiger partial charge on any atom is -0.301 e. The van der Waals surface area contributed by atoms with Crippen molar-refractivity contribution in [2.45, 2.75) is 35.6 Å². The van der Waals surface area contributed by atoms with Crippen molar-refractivity contribution in [3.8, 4) is 0 Å². The maximum absolute atomic E-state index is 14.4. The minimum atomic E-state index is -0.843. The second kappa shape index (κ2) is 5.95. The van der Waals surface area contributed by atoms with E-state index in [4.69, 9.17) is 0 Å². The highest BCUT2D eigenvalue weighted by molar-refractivity contribution is 8.00. The quantitative estimate of drug-likeness (QED) is 0.840. The predicted molar refractivity (Wildman–Crippen MR) is 93.9 cm³/mol. The van der Waals surface area contributed by atoms with Crippen molar-refractivity contribution in [1.29, 1.82) is 0 Å². The van der Waals surface area contributed by atoms with Gasteiger partial charge >= 0.3 is 0 Å². The van der Waals surface area contributed by atoms with Gasteiger partial charge in [-0.25, -0.2) is 13.8 Å². The molecule has 2 aliphatic rings. The van der Waals surface area contributed by atoms with Gasteiger partial charge < -0.3 is 4.98 Å². The van der Waals surface area contributed by atoms with Crippen molar-refractivity contribution in [3.05, 3.63) is 81.3 Å². The lowest BCUT2D eigenvalue weighted by molar-refractivity contribution is 0.530. The summed E-state index contributed by atoms with van der Waals surface area (Å²) < 4.78 is 28.7. The predicted octanol–water partition coefficient (Wildman–Crippen LogP) is 4.02. The Morgan fingerprint density at radius 3 is 2.44 bits per heavy atom. The molecule has 1 aromatic heterocycles. The van der Waals surface area contributed by atoms with Crippen LogP contribution in [0.5, 0.6) is 0 Å². The zero-order valence-electron chi connectivity index (χ0n) is 13.6. The molecule has 2 aliphatic carbocycles. The fourth-order valence-corrected chi connectivity index (χ4v) is 4.23. The molecule has 3 nitrogen and oxygen atoms in total. The number of thioether (sulfide) groups is 1. The molecule has 0 unspecified atom stereocenters. The van der Waals surface area contributed by atoms with E-state index in [1.807, 2.05) is 24.3 Å². The number of aromatic amines is 1. The molecule has 0 amide bonds. The molecule has 1 heterocycles. The number of rotatable bonds is 4. The zero-order valence-corrected chi connectivity index (χ0v) is 14.4. The third kappa shape index (κ3) is 2.74. The van der Waals surface area contributed by atoms with E-state index in [1.165, 1.54) is 30.0 Å². The summed E-state index contributed by atoms with van der Waals surface area (Å²) in [6.45, 7) is 1.66. The van der Waals surface area contributed by atoms with Crippen molar-refractivity contribution < 1.29 is 8.78 Å². The zero-order chi connectivity index (χ0) is 17.6. The van der Waals surface area contributed by atoms with E-state index in [-0.39, 0.29) is 16.4 Å². The first-order chi connectivity index (χ1) is 12.0. The van der Waals surface area contributed by atoms with E-state index < -0.39 is 17.0 Å². The van der Waals surface area contributed by atoms with Gasteiger partial charge in [-0.2, -0.15) is 0 Å². The Bertz CT molecular complexity index is 928. The molecule has 0 radical (unpaired) electrons. The molecular weight excluding hydrogens is 342 g/mol. The van der Waals surface area contributed by atoms with Crippen molar-refractivity contribution in [2.75, 3.05) is 0 Å². The molecule has 1 saturated carbocycles. The van der Waals surface area contributed by atoms with Crippen LogP contribution in [-0.4, -0.2) is 15.2 Å². The van der Waals surface area contributed by atoms with Gasteiger partial charge in [0.15, 0.2) is 5.16 Å². The summed E-state index contributed by atoms with van der Waals surface area (Å²) in [5.41, 5.74) is -0.185. The lowest BCUT2D eigenvalue weighted by Crippen LogP contribution is -2.24. The van der Waals surface area contributed by atoms with E-state index in [1.54, 1.807) is 6.92 Å². The van der Waals surface area contributed by atoms with E-state index in [0.29, 0.717) is 29.3 Å². The van der Waals surface area contributed by atoms with Gasteiger partial charge in [0.1, 0.15) is 11.6 Å². The molecule has 1 aromatic carbocycles. The van der Waals surface area contributed by atoms with Crippen molar-refractivity contribution in [1.82, 2.24) is 9.97 Å². The normalized spacial score (nSPS) is 18.0. The van der Waals surface area contributed by atoms with E-state index in [9.17, 15) is 13.6 Å². The SMILES string of the molecule is Cc1c(C2(c3c(F)cccc3F)CC2)nc(SC2C=CC=C2)[nH]c1=O. The van der Waals surface area contributed by atoms with Crippen LogP contribution in [0, 0.1) is 18.6 Å². The molecule has 2 aromatic rings. The van der Waals surface area contributed by atoms with Crippen LogP contribution >= 0.6 is 11.8 Å². The Balaban J connectivity index is 1.82. The number of hydrogen-bond acceptors (Lipinski definition) is 3. The van der Waals surface area contributed by atoms with Gasteiger partial charge in [-0.05, 0) is 31.9 Å². The van der Waals surface area contributed by atoms with Crippen molar-refractivity contribution in [3.63, 3.8) is 0 Å². The first kappa shape index (κ1) is 16.3. The molecule has 0 aliphatic heterocycles. The highest BCUT2D eigenvalue weighted by atomic mass is 32.2. The summed E-state index contributed by atoms with van der Waals surface area (Å²) in [6, 6.07) is 3.86. The van der Waals surface area contributed by atoms with Crippen LogP contribution in [0.25, 0.3) is 0 Å². The standard InChI is InChI=1S/C19H16F2N2OS/c1-11-16(19(9-10-19)15-13(20)7-4-8-14(15)21)22-18(23-17(11)24)25-12-5-2-3-6-12/h2-8,12H,9-10H2,1H3,(H,22,23,24). The topological polar surface area (TPSA) is 45.8 Å². The van der Waals surface area contributed by atoms with Crippen LogP contribution in [0.15, 0.2) is 52.5 Å². The number of nitrogens with one attached hydrogen (secondary N) is 1. The molecule has 0 spiro atoms. The molecule has 6 heteroatoms. The van der Waals surface area contributed by atoms with E-state index in [0.717, 1.165) is 0 Å². The van der Waals surface area contributed by atoms with Crippen LogP contribution in [0.1, 0.15) is 29.7 Å². The maximum Gasteiger partial charge on any atom is 0.254 e. The second-order valence-corrected chi connectivity index (χ2v) is 7.54. The molecular formula is C19H16F2N2OS. The summed E-state index contributed by atoms with van der Waals surface area (Å²) in [6.07, 6.45) is 9.01. The second-order valence-electron chi connectivity index (χ2n) is 6.38. The monoisotopic (exact) mass is 358 g/mol. The number of H-pyrrole nitrogens is 1. The Morgan fingerprint density at radius 1 is 1.20 bits per heavy atom. The number of benzene rings is 1. The molecule has 25 heavy (non-hydrogen) atoms. The summed E-state index contributed by atoms with van der Waals surface area (Å²) >= 11 is 1.41. The summed E-state index contributed by atoms with van der Waals surface area (Å²) in [5, 5.41) is 0.564. The Hall–Kier alpha value is -2.21. The van der Waals surface area contributed by atoms with Gasteiger partial charge in [0.05, 0.1) is 5.69 Å².